The summed E-state index contributed by atoms with van der Waals surface area (Å²) < 4.78 is 6.40. The molecule has 0 aromatic carbocycles. The molecule has 2 nitrogen and oxygen atoms in total. The number of ether oxygens (including phenoxy) is 1. The maximum Gasteiger partial charge on any atom is 0.0701 e. The van der Waals surface area contributed by atoms with Crippen molar-refractivity contribution in [1.29, 1.82) is 0 Å². The molecular formula is C10H14BrNOS. The zero-order chi connectivity index (χ0) is 10.0. The topological polar surface area (TPSA) is 21.3 Å². The molecule has 78 valence electrons. The molecule has 1 saturated heterocycles. The predicted molar refractivity (Wildman–Crippen MR) is 62.7 cm³/mol. The van der Waals surface area contributed by atoms with Gasteiger partial charge in [0.2, 0.25) is 0 Å². The van der Waals surface area contributed by atoms with Crippen LogP contribution in [0.1, 0.15) is 11.8 Å². The summed E-state index contributed by atoms with van der Waals surface area (Å²) in [5.74, 6) is 0. The van der Waals surface area contributed by atoms with E-state index in [1.165, 1.54) is 8.66 Å². The van der Waals surface area contributed by atoms with Gasteiger partial charge in [0.15, 0.2) is 0 Å². The fourth-order valence-electron chi connectivity index (χ4n) is 1.49. The van der Waals surface area contributed by atoms with Gasteiger partial charge in [0.05, 0.1) is 17.0 Å². The summed E-state index contributed by atoms with van der Waals surface area (Å²) in [6, 6.07) is 4.25. The molecule has 0 unspecified atom stereocenters. The zero-order valence-electron chi connectivity index (χ0n) is 8.18. The molecule has 0 atom stereocenters. The summed E-state index contributed by atoms with van der Waals surface area (Å²) in [7, 11) is 0. The van der Waals surface area contributed by atoms with Gasteiger partial charge in [-0.3, -0.25) is 0 Å². The maximum absolute atomic E-state index is 5.20. The highest BCUT2D eigenvalue weighted by atomic mass is 79.9. The van der Waals surface area contributed by atoms with Gasteiger partial charge in [-0.05, 0) is 28.1 Å². The SMILES string of the molecule is CC1(CNCc2ccc(Br)s2)COC1. The van der Waals surface area contributed by atoms with E-state index >= 15 is 0 Å². The third-order valence-corrected chi connectivity index (χ3v) is 4.00. The first-order valence-electron chi connectivity index (χ1n) is 4.71. The van der Waals surface area contributed by atoms with Crippen molar-refractivity contribution in [2.75, 3.05) is 19.8 Å². The van der Waals surface area contributed by atoms with Crippen LogP contribution in [0.5, 0.6) is 0 Å². The van der Waals surface area contributed by atoms with E-state index in [4.69, 9.17) is 4.74 Å². The summed E-state index contributed by atoms with van der Waals surface area (Å²) in [5.41, 5.74) is 0.370. The highest BCUT2D eigenvalue weighted by Crippen LogP contribution is 2.26. The van der Waals surface area contributed by atoms with Crippen LogP contribution in [0.2, 0.25) is 0 Å². The van der Waals surface area contributed by atoms with Crippen molar-refractivity contribution in [3.8, 4) is 0 Å². The number of hydrogen-bond acceptors (Lipinski definition) is 3. The highest BCUT2D eigenvalue weighted by Gasteiger charge is 2.32. The van der Waals surface area contributed by atoms with Gasteiger partial charge in [0, 0.05) is 23.4 Å². The van der Waals surface area contributed by atoms with Gasteiger partial charge < -0.3 is 10.1 Å². The Kier molecular flexibility index (Phi) is 3.27. The van der Waals surface area contributed by atoms with Crippen molar-refractivity contribution in [2.45, 2.75) is 13.5 Å². The van der Waals surface area contributed by atoms with E-state index in [9.17, 15) is 0 Å². The highest BCUT2D eigenvalue weighted by molar-refractivity contribution is 9.11. The van der Waals surface area contributed by atoms with Crippen LogP contribution in [-0.4, -0.2) is 19.8 Å². The molecule has 0 radical (unpaired) electrons. The van der Waals surface area contributed by atoms with Gasteiger partial charge in [0.25, 0.3) is 0 Å². The van der Waals surface area contributed by atoms with E-state index in [0.29, 0.717) is 5.41 Å². The number of hydrogen-bond donors (Lipinski definition) is 1. The van der Waals surface area contributed by atoms with E-state index in [2.05, 4.69) is 40.3 Å². The van der Waals surface area contributed by atoms with Crippen molar-refractivity contribution >= 4 is 27.3 Å². The minimum atomic E-state index is 0.370. The van der Waals surface area contributed by atoms with Gasteiger partial charge in [-0.25, -0.2) is 0 Å². The molecule has 1 aromatic heterocycles. The Hall–Kier alpha value is 0.1000. The summed E-state index contributed by atoms with van der Waals surface area (Å²) >= 11 is 5.25. The molecule has 2 heterocycles. The van der Waals surface area contributed by atoms with Gasteiger partial charge in [-0.2, -0.15) is 0 Å². The molecule has 0 spiro atoms. The second kappa shape index (κ2) is 4.31. The van der Waals surface area contributed by atoms with Crippen molar-refractivity contribution in [3.05, 3.63) is 20.8 Å². The third kappa shape index (κ3) is 2.57. The van der Waals surface area contributed by atoms with Crippen LogP contribution >= 0.6 is 27.3 Å². The van der Waals surface area contributed by atoms with Crippen LogP contribution in [0, 0.1) is 5.41 Å². The number of halogens is 1. The fraction of sp³-hybridized carbons (Fsp3) is 0.600. The molecular weight excluding hydrogens is 262 g/mol. The van der Waals surface area contributed by atoms with E-state index in [1.807, 2.05) is 0 Å². The lowest BCUT2D eigenvalue weighted by molar-refractivity contribution is -0.0991. The Bertz CT molecular complexity index is 309. The largest absolute Gasteiger partial charge is 0.380 e. The van der Waals surface area contributed by atoms with Crippen molar-refractivity contribution in [2.24, 2.45) is 5.41 Å². The molecule has 0 saturated carbocycles. The summed E-state index contributed by atoms with van der Waals surface area (Å²) in [5, 5.41) is 3.47. The smallest absolute Gasteiger partial charge is 0.0701 e. The Morgan fingerprint density at radius 2 is 2.36 bits per heavy atom. The molecule has 2 rings (SSSR count). The monoisotopic (exact) mass is 275 g/mol. The van der Waals surface area contributed by atoms with E-state index in [0.717, 1.165) is 26.3 Å². The van der Waals surface area contributed by atoms with E-state index in [1.54, 1.807) is 11.3 Å². The fourth-order valence-corrected chi connectivity index (χ4v) is 2.94. The second-order valence-electron chi connectivity index (χ2n) is 4.11. The van der Waals surface area contributed by atoms with Gasteiger partial charge in [-0.1, -0.05) is 6.92 Å². The van der Waals surface area contributed by atoms with Crippen LogP contribution in [-0.2, 0) is 11.3 Å². The van der Waals surface area contributed by atoms with Crippen molar-refractivity contribution in [3.63, 3.8) is 0 Å². The van der Waals surface area contributed by atoms with Crippen LogP contribution in [0.15, 0.2) is 15.9 Å². The minimum absolute atomic E-state index is 0.370. The first-order chi connectivity index (χ1) is 6.68. The third-order valence-electron chi connectivity index (χ3n) is 2.38. The molecule has 1 N–H and O–H groups in total. The second-order valence-corrected chi connectivity index (χ2v) is 6.66. The average Bonchev–Trinajstić information content (AvgIpc) is 2.49. The van der Waals surface area contributed by atoms with Crippen LogP contribution < -0.4 is 5.32 Å². The number of rotatable bonds is 4. The molecule has 1 fully saturated rings. The maximum atomic E-state index is 5.20. The van der Waals surface area contributed by atoms with Crippen molar-refractivity contribution < 1.29 is 4.74 Å². The molecule has 1 aliphatic rings. The first kappa shape index (κ1) is 10.6. The Balaban J connectivity index is 1.72. The Morgan fingerprint density at radius 3 is 2.86 bits per heavy atom. The Morgan fingerprint density at radius 1 is 1.57 bits per heavy atom. The van der Waals surface area contributed by atoms with Gasteiger partial charge in [0.1, 0.15) is 0 Å². The van der Waals surface area contributed by atoms with Gasteiger partial charge in [-0.15, -0.1) is 11.3 Å². The normalized spacial score (nSPS) is 19.3. The molecule has 1 aromatic rings. The number of nitrogens with one attached hydrogen (secondary N) is 1. The summed E-state index contributed by atoms with van der Waals surface area (Å²) in [4.78, 5) is 1.38. The average molecular weight is 276 g/mol. The lowest BCUT2D eigenvalue weighted by atomic mass is 9.89. The summed E-state index contributed by atoms with van der Waals surface area (Å²) in [6.45, 7) is 6.06. The van der Waals surface area contributed by atoms with E-state index < -0.39 is 0 Å². The summed E-state index contributed by atoms with van der Waals surface area (Å²) in [6.07, 6.45) is 0. The quantitative estimate of drug-likeness (QED) is 0.912. The molecule has 0 amide bonds. The lowest BCUT2D eigenvalue weighted by Crippen LogP contribution is -2.47. The minimum Gasteiger partial charge on any atom is -0.380 e. The standard InChI is InChI=1S/C10H14BrNOS/c1-10(6-13-7-10)5-12-4-8-2-3-9(11)14-8/h2-3,12H,4-7H2,1H3. The zero-order valence-corrected chi connectivity index (χ0v) is 10.6. The number of thiophene rings is 1. The van der Waals surface area contributed by atoms with E-state index in [-0.39, 0.29) is 0 Å². The van der Waals surface area contributed by atoms with Crippen LogP contribution in [0.25, 0.3) is 0 Å². The van der Waals surface area contributed by atoms with Crippen molar-refractivity contribution in [1.82, 2.24) is 5.32 Å². The first-order valence-corrected chi connectivity index (χ1v) is 6.32. The lowest BCUT2D eigenvalue weighted by Gasteiger charge is -2.38. The predicted octanol–water partition coefficient (Wildman–Crippen LogP) is 2.64. The molecule has 1 aliphatic heterocycles. The van der Waals surface area contributed by atoms with Crippen LogP contribution in [0.3, 0.4) is 0 Å². The molecule has 4 heteroatoms. The molecule has 14 heavy (non-hydrogen) atoms. The Labute approximate surface area is 96.8 Å². The molecule has 0 bridgehead atoms. The molecule has 0 aliphatic carbocycles. The van der Waals surface area contributed by atoms with Crippen LogP contribution in [0.4, 0.5) is 0 Å². The van der Waals surface area contributed by atoms with Gasteiger partial charge >= 0.3 is 0 Å².